The molecule has 0 radical (unpaired) electrons. The Labute approximate surface area is 146 Å². The molecule has 1 aromatic carbocycles. The van der Waals surface area contributed by atoms with Gasteiger partial charge in [0.15, 0.2) is 0 Å². The lowest BCUT2D eigenvalue weighted by atomic mass is 10.1. The van der Waals surface area contributed by atoms with E-state index < -0.39 is 34.9 Å². The first-order chi connectivity index (χ1) is 12.3. The summed E-state index contributed by atoms with van der Waals surface area (Å²) in [6.45, 7) is -0.116. The van der Waals surface area contributed by atoms with E-state index in [1.54, 1.807) is 4.57 Å². The zero-order chi connectivity index (χ0) is 18.6. The van der Waals surface area contributed by atoms with E-state index in [0.717, 1.165) is 18.9 Å². The molecule has 1 amide bonds. The number of fused-ring (bicyclic) bond motifs is 1. The van der Waals surface area contributed by atoms with Crippen LogP contribution in [0.2, 0.25) is 0 Å². The van der Waals surface area contributed by atoms with Gasteiger partial charge in [-0.1, -0.05) is 0 Å². The summed E-state index contributed by atoms with van der Waals surface area (Å²) >= 11 is 0. The molecule has 0 spiro atoms. The number of pyridine rings is 1. The monoisotopic (exact) mass is 361 g/mol. The summed E-state index contributed by atoms with van der Waals surface area (Å²) < 4.78 is 16.4. The highest BCUT2D eigenvalue weighted by molar-refractivity contribution is 5.94. The van der Waals surface area contributed by atoms with Crippen LogP contribution in [-0.2, 0) is 4.79 Å². The van der Waals surface area contributed by atoms with Crippen molar-refractivity contribution in [2.75, 3.05) is 18.0 Å². The summed E-state index contributed by atoms with van der Waals surface area (Å²) in [6, 6.07) is 2.52. The van der Waals surface area contributed by atoms with Crippen molar-refractivity contribution >= 4 is 28.5 Å². The van der Waals surface area contributed by atoms with Crippen LogP contribution in [0.4, 0.5) is 10.1 Å². The number of benzene rings is 1. The number of hydrogen-bond donors (Lipinski definition) is 3. The molecule has 4 rings (SSSR count). The minimum Gasteiger partial charge on any atom is -0.477 e. The normalized spacial score (nSPS) is 20.3. The Morgan fingerprint density at radius 3 is 2.62 bits per heavy atom. The van der Waals surface area contributed by atoms with Crippen LogP contribution in [0, 0.1) is 5.82 Å². The van der Waals surface area contributed by atoms with Crippen LogP contribution in [0.1, 0.15) is 29.2 Å². The Hall–Kier alpha value is -2.94. The highest BCUT2D eigenvalue weighted by atomic mass is 19.1. The van der Waals surface area contributed by atoms with Gasteiger partial charge in [-0.2, -0.15) is 0 Å². The van der Waals surface area contributed by atoms with Gasteiger partial charge in [0.25, 0.3) is 0 Å². The van der Waals surface area contributed by atoms with Crippen LogP contribution < -0.4 is 15.6 Å². The number of carbonyl (C=O) groups excluding carboxylic acids is 1. The molecule has 2 fully saturated rings. The number of nitrogens with one attached hydrogen (secondary N) is 1. The molecule has 1 saturated carbocycles. The molecule has 9 heteroatoms. The fraction of sp³-hybridized carbons (Fsp3) is 0.353. The number of carboxylic acids is 1. The highest BCUT2D eigenvalue weighted by Crippen LogP contribution is 2.38. The molecule has 2 aromatic rings. The van der Waals surface area contributed by atoms with E-state index in [2.05, 4.69) is 5.32 Å². The Balaban J connectivity index is 1.92. The Morgan fingerprint density at radius 1 is 1.27 bits per heavy atom. The molecule has 1 atom stereocenters. The van der Waals surface area contributed by atoms with Crippen molar-refractivity contribution < 1.29 is 24.2 Å². The lowest BCUT2D eigenvalue weighted by Crippen LogP contribution is -2.54. The van der Waals surface area contributed by atoms with Crippen molar-refractivity contribution in [1.29, 1.82) is 0 Å². The molecule has 136 valence electrons. The van der Waals surface area contributed by atoms with E-state index >= 15 is 0 Å². The largest absolute Gasteiger partial charge is 0.477 e. The van der Waals surface area contributed by atoms with Gasteiger partial charge in [0.05, 0.1) is 24.3 Å². The standard InChI is InChI=1S/C17H16FN3O5/c18-11-3-9-12(4-13(11)20-6-14(22)19-15(23)7-20)21(8-1-2-8)5-10(16(9)24)17(25)26/h3-5,8,14,22H,1-2,6-7H2,(H,19,23)(H,25,26). The summed E-state index contributed by atoms with van der Waals surface area (Å²) in [6.07, 6.45) is 1.86. The first-order valence-corrected chi connectivity index (χ1v) is 8.19. The van der Waals surface area contributed by atoms with Gasteiger partial charge >= 0.3 is 5.97 Å². The predicted octanol–water partition coefficient (Wildman–Crippen LogP) is 0.428. The predicted molar refractivity (Wildman–Crippen MR) is 89.8 cm³/mol. The number of rotatable bonds is 3. The second kappa shape index (κ2) is 5.80. The molecule has 26 heavy (non-hydrogen) atoms. The topological polar surface area (TPSA) is 112 Å². The minimum atomic E-state index is -1.35. The maximum atomic E-state index is 14.7. The average Bonchev–Trinajstić information content (AvgIpc) is 3.38. The van der Waals surface area contributed by atoms with Gasteiger partial charge in [-0.25, -0.2) is 9.18 Å². The summed E-state index contributed by atoms with van der Waals surface area (Å²) in [4.78, 5) is 36.8. The van der Waals surface area contributed by atoms with E-state index in [1.165, 1.54) is 17.2 Å². The number of nitrogens with zero attached hydrogens (tertiary/aromatic N) is 2. The van der Waals surface area contributed by atoms with Gasteiger partial charge in [-0.3, -0.25) is 9.59 Å². The summed E-state index contributed by atoms with van der Waals surface area (Å²) in [7, 11) is 0. The molecule has 1 saturated heterocycles. The van der Waals surface area contributed by atoms with E-state index in [4.69, 9.17) is 0 Å². The lowest BCUT2D eigenvalue weighted by molar-refractivity contribution is -0.124. The van der Waals surface area contributed by atoms with E-state index in [9.17, 15) is 29.0 Å². The number of aromatic carboxylic acids is 1. The molecule has 8 nitrogen and oxygen atoms in total. The first-order valence-electron chi connectivity index (χ1n) is 8.19. The number of β-amino-alcohol motifs (C(OH)–C–C–N with tert-alkyl or cyclic N) is 1. The third kappa shape index (κ3) is 2.70. The van der Waals surface area contributed by atoms with Crippen LogP contribution in [0.15, 0.2) is 23.1 Å². The highest BCUT2D eigenvalue weighted by Gasteiger charge is 2.29. The number of amides is 1. The number of aliphatic hydroxyl groups excluding tert-OH is 1. The van der Waals surface area contributed by atoms with E-state index in [1.807, 2.05) is 0 Å². The second-order valence-corrected chi connectivity index (χ2v) is 6.60. The number of aromatic nitrogens is 1. The molecule has 1 aliphatic heterocycles. The summed E-state index contributed by atoms with van der Waals surface area (Å²) in [5, 5.41) is 21.3. The summed E-state index contributed by atoms with van der Waals surface area (Å²) in [5.41, 5.74) is -0.641. The number of halogens is 1. The number of hydrogen-bond acceptors (Lipinski definition) is 5. The van der Waals surface area contributed by atoms with Gasteiger partial charge in [0, 0.05) is 17.6 Å². The zero-order valence-electron chi connectivity index (χ0n) is 13.6. The van der Waals surface area contributed by atoms with Crippen LogP contribution in [0.25, 0.3) is 10.9 Å². The smallest absolute Gasteiger partial charge is 0.341 e. The SMILES string of the molecule is O=C1CN(c2cc3c(cc2F)c(=O)c(C(=O)O)cn3C2CC2)CC(O)N1. The number of carbonyl (C=O) groups is 2. The first kappa shape index (κ1) is 16.5. The fourth-order valence-corrected chi connectivity index (χ4v) is 3.32. The third-order valence-corrected chi connectivity index (χ3v) is 4.67. The molecular weight excluding hydrogens is 345 g/mol. The maximum absolute atomic E-state index is 14.7. The molecule has 0 bridgehead atoms. The van der Waals surface area contributed by atoms with Crippen molar-refractivity contribution in [2.45, 2.75) is 25.1 Å². The average molecular weight is 361 g/mol. The Kier molecular flexibility index (Phi) is 3.69. The van der Waals surface area contributed by atoms with Gasteiger partial charge in [-0.05, 0) is 25.0 Å². The van der Waals surface area contributed by atoms with E-state index in [0.29, 0.717) is 5.52 Å². The fourth-order valence-electron chi connectivity index (χ4n) is 3.32. The van der Waals surface area contributed by atoms with Crippen molar-refractivity contribution in [3.05, 3.63) is 39.9 Å². The van der Waals surface area contributed by atoms with Crippen molar-refractivity contribution in [3.8, 4) is 0 Å². The maximum Gasteiger partial charge on any atom is 0.341 e. The molecule has 1 aromatic heterocycles. The van der Waals surface area contributed by atoms with Crippen LogP contribution in [0.5, 0.6) is 0 Å². The number of aliphatic hydroxyl groups is 1. The summed E-state index contributed by atoms with van der Waals surface area (Å²) in [5.74, 6) is -2.54. The quantitative estimate of drug-likeness (QED) is 0.731. The molecule has 1 unspecified atom stereocenters. The van der Waals surface area contributed by atoms with Gasteiger partial charge < -0.3 is 25.0 Å². The number of piperazine rings is 1. The Bertz CT molecular complexity index is 998. The van der Waals surface area contributed by atoms with Gasteiger partial charge in [-0.15, -0.1) is 0 Å². The van der Waals surface area contributed by atoms with Gasteiger partial charge in [0.1, 0.15) is 17.6 Å². The van der Waals surface area contributed by atoms with Gasteiger partial charge in [0.2, 0.25) is 11.3 Å². The molecule has 1 aliphatic carbocycles. The molecule has 2 aliphatic rings. The van der Waals surface area contributed by atoms with E-state index in [-0.39, 0.29) is 30.2 Å². The van der Waals surface area contributed by atoms with Crippen LogP contribution in [0.3, 0.4) is 0 Å². The number of carboxylic acid groups (broad SMARTS) is 1. The molecule has 2 heterocycles. The van der Waals surface area contributed by atoms with Crippen molar-refractivity contribution in [1.82, 2.24) is 9.88 Å². The number of anilines is 1. The molecule has 3 N–H and O–H groups in total. The van der Waals surface area contributed by atoms with Crippen molar-refractivity contribution in [3.63, 3.8) is 0 Å². The molecular formula is C17H16FN3O5. The van der Waals surface area contributed by atoms with Crippen molar-refractivity contribution in [2.24, 2.45) is 0 Å². The Morgan fingerprint density at radius 2 is 2.00 bits per heavy atom. The van der Waals surface area contributed by atoms with Crippen LogP contribution in [-0.4, -0.2) is 46.0 Å². The zero-order valence-corrected chi connectivity index (χ0v) is 13.6. The van der Waals surface area contributed by atoms with Crippen LogP contribution >= 0.6 is 0 Å². The third-order valence-electron chi connectivity index (χ3n) is 4.67. The minimum absolute atomic E-state index is 0.00897. The lowest BCUT2D eigenvalue weighted by Gasteiger charge is -2.32. The second-order valence-electron chi connectivity index (χ2n) is 6.60.